The van der Waals surface area contributed by atoms with Crippen molar-refractivity contribution in [2.75, 3.05) is 26.2 Å². The highest BCUT2D eigenvalue weighted by molar-refractivity contribution is 5.94. The number of hydrogen-bond donors (Lipinski definition) is 0. The number of pyridine rings is 1. The number of rotatable bonds is 2. The summed E-state index contributed by atoms with van der Waals surface area (Å²) in [6, 6.07) is 13.1. The summed E-state index contributed by atoms with van der Waals surface area (Å²) < 4.78 is 1.81. The quantitative estimate of drug-likeness (QED) is 0.751. The molecule has 2 bridgehead atoms. The van der Waals surface area contributed by atoms with Crippen LogP contribution in [0.1, 0.15) is 64.4 Å². The molecule has 162 valence electrons. The number of carbonyl (C=O) groups is 2. The Kier molecular flexibility index (Phi) is 5.38. The van der Waals surface area contributed by atoms with Crippen LogP contribution in [0.4, 0.5) is 0 Å². The van der Waals surface area contributed by atoms with Gasteiger partial charge in [-0.05, 0) is 49.4 Å². The molecule has 5 rings (SSSR count). The molecule has 2 atom stereocenters. The lowest BCUT2D eigenvalue weighted by atomic mass is 9.82. The predicted molar refractivity (Wildman–Crippen MR) is 118 cm³/mol. The standard InChI is InChI=1S/C25H29N3O3/c29-23(19-8-4-3-5-9-19)27-15-18-14-20(17-27)22-11-10-21(25(31)28(22)16-18)24(30)26-12-6-1-2-7-13-26/h3-5,8-11,18,20H,1-2,6-7,12-17H2/t18-,20+/m0/s1. The van der Waals surface area contributed by atoms with Crippen LogP contribution in [0.25, 0.3) is 0 Å². The van der Waals surface area contributed by atoms with Crippen LogP contribution in [0.15, 0.2) is 47.3 Å². The Bertz CT molecular complexity index is 1040. The number of carbonyl (C=O) groups excluding carboxylic acids is 2. The monoisotopic (exact) mass is 419 g/mol. The average Bonchev–Trinajstić information content (AvgIpc) is 3.09. The molecule has 0 aliphatic carbocycles. The summed E-state index contributed by atoms with van der Waals surface area (Å²) >= 11 is 0. The van der Waals surface area contributed by atoms with Crippen molar-refractivity contribution in [3.63, 3.8) is 0 Å². The number of likely N-dealkylation sites (tertiary alicyclic amines) is 2. The molecule has 6 heteroatoms. The fourth-order valence-corrected chi connectivity index (χ4v) is 5.48. The second kappa shape index (κ2) is 8.33. The van der Waals surface area contributed by atoms with Gasteiger partial charge in [-0.2, -0.15) is 0 Å². The van der Waals surface area contributed by atoms with E-state index in [-0.39, 0.29) is 29.2 Å². The zero-order chi connectivity index (χ0) is 21.4. The van der Waals surface area contributed by atoms with E-state index < -0.39 is 0 Å². The molecule has 2 amide bonds. The Morgan fingerprint density at radius 3 is 2.26 bits per heavy atom. The molecule has 2 fully saturated rings. The fourth-order valence-electron chi connectivity index (χ4n) is 5.48. The maximum Gasteiger partial charge on any atom is 0.263 e. The topological polar surface area (TPSA) is 62.6 Å². The second-order valence-electron chi connectivity index (χ2n) is 9.17. The first-order valence-electron chi connectivity index (χ1n) is 11.5. The van der Waals surface area contributed by atoms with Gasteiger partial charge in [0, 0.05) is 49.9 Å². The van der Waals surface area contributed by atoms with Crippen molar-refractivity contribution in [2.45, 2.75) is 44.6 Å². The van der Waals surface area contributed by atoms with E-state index in [0.29, 0.717) is 30.8 Å². The largest absolute Gasteiger partial charge is 0.338 e. The number of hydrogen-bond acceptors (Lipinski definition) is 3. The lowest BCUT2D eigenvalue weighted by molar-refractivity contribution is 0.0594. The van der Waals surface area contributed by atoms with Crippen molar-refractivity contribution in [1.29, 1.82) is 0 Å². The maximum absolute atomic E-state index is 13.3. The second-order valence-corrected chi connectivity index (χ2v) is 9.17. The van der Waals surface area contributed by atoms with Crippen molar-refractivity contribution >= 4 is 11.8 Å². The first-order valence-corrected chi connectivity index (χ1v) is 11.5. The minimum Gasteiger partial charge on any atom is -0.338 e. The Morgan fingerprint density at radius 1 is 0.774 bits per heavy atom. The summed E-state index contributed by atoms with van der Waals surface area (Å²) in [5.74, 6) is 0.299. The van der Waals surface area contributed by atoms with Crippen LogP contribution < -0.4 is 5.56 Å². The first kappa shape index (κ1) is 20.0. The van der Waals surface area contributed by atoms with Gasteiger partial charge in [-0.25, -0.2) is 0 Å². The molecule has 1 aromatic carbocycles. The highest BCUT2D eigenvalue weighted by atomic mass is 16.2. The third kappa shape index (κ3) is 3.80. The van der Waals surface area contributed by atoms with Crippen LogP contribution in [-0.4, -0.2) is 52.4 Å². The van der Waals surface area contributed by atoms with Crippen LogP contribution in [0.3, 0.4) is 0 Å². The lowest BCUT2D eigenvalue weighted by Crippen LogP contribution is -2.50. The van der Waals surface area contributed by atoms with E-state index in [1.807, 2.05) is 50.8 Å². The van der Waals surface area contributed by atoms with E-state index in [2.05, 4.69) is 0 Å². The van der Waals surface area contributed by atoms with Gasteiger partial charge in [0.05, 0.1) is 0 Å². The van der Waals surface area contributed by atoms with Crippen molar-refractivity contribution in [3.05, 3.63) is 69.6 Å². The molecule has 0 N–H and O–H groups in total. The van der Waals surface area contributed by atoms with Crippen molar-refractivity contribution in [2.24, 2.45) is 5.92 Å². The van der Waals surface area contributed by atoms with Crippen LogP contribution in [-0.2, 0) is 6.54 Å². The van der Waals surface area contributed by atoms with Gasteiger partial charge in [0.1, 0.15) is 5.56 Å². The highest BCUT2D eigenvalue weighted by Gasteiger charge is 2.37. The molecule has 31 heavy (non-hydrogen) atoms. The Morgan fingerprint density at radius 2 is 1.52 bits per heavy atom. The number of nitrogens with zero attached hydrogens (tertiary/aromatic N) is 3. The summed E-state index contributed by atoms with van der Waals surface area (Å²) in [6.07, 6.45) is 5.29. The molecule has 3 aliphatic heterocycles. The summed E-state index contributed by atoms with van der Waals surface area (Å²) in [5, 5.41) is 0. The number of aromatic nitrogens is 1. The lowest BCUT2D eigenvalue weighted by Gasteiger charge is -2.43. The zero-order valence-electron chi connectivity index (χ0n) is 17.8. The summed E-state index contributed by atoms with van der Waals surface area (Å²) in [7, 11) is 0. The zero-order valence-corrected chi connectivity index (χ0v) is 17.8. The van der Waals surface area contributed by atoms with Gasteiger partial charge in [0.2, 0.25) is 0 Å². The maximum atomic E-state index is 13.3. The SMILES string of the molecule is O=C(c1ccccc1)N1C[C@@H]2C[C@H](C1)c1ccc(C(=O)N3CCCCCC3)c(=O)n1C2. The predicted octanol–water partition coefficient (Wildman–Crippen LogP) is 3.12. The van der Waals surface area contributed by atoms with E-state index >= 15 is 0 Å². The van der Waals surface area contributed by atoms with Gasteiger partial charge < -0.3 is 14.4 Å². The Hall–Kier alpha value is -2.89. The minimum atomic E-state index is -0.163. The molecule has 0 unspecified atom stereocenters. The molecule has 0 spiro atoms. The van der Waals surface area contributed by atoms with Crippen LogP contribution in [0.5, 0.6) is 0 Å². The number of fused-ring (bicyclic) bond motifs is 4. The fraction of sp³-hybridized carbons (Fsp3) is 0.480. The third-order valence-corrected chi connectivity index (χ3v) is 7.04. The third-order valence-electron chi connectivity index (χ3n) is 7.04. The van der Waals surface area contributed by atoms with Gasteiger partial charge in [-0.3, -0.25) is 14.4 Å². The van der Waals surface area contributed by atoms with Gasteiger partial charge in [0.25, 0.3) is 17.4 Å². The molecule has 2 aromatic rings. The first-order chi connectivity index (χ1) is 15.1. The van der Waals surface area contributed by atoms with Crippen molar-refractivity contribution < 1.29 is 9.59 Å². The molecular weight excluding hydrogens is 390 g/mol. The average molecular weight is 420 g/mol. The van der Waals surface area contributed by atoms with E-state index in [1.165, 1.54) is 0 Å². The van der Waals surface area contributed by atoms with Crippen LogP contribution in [0, 0.1) is 5.92 Å². The molecule has 3 aliphatic rings. The van der Waals surface area contributed by atoms with E-state index in [0.717, 1.165) is 50.9 Å². The van der Waals surface area contributed by atoms with Gasteiger partial charge in [-0.15, -0.1) is 0 Å². The summed E-state index contributed by atoms with van der Waals surface area (Å²) in [4.78, 5) is 43.1. The molecule has 1 aromatic heterocycles. The molecule has 0 saturated carbocycles. The normalized spacial score (nSPS) is 23.1. The highest BCUT2D eigenvalue weighted by Crippen LogP contribution is 2.35. The van der Waals surface area contributed by atoms with Crippen LogP contribution >= 0.6 is 0 Å². The van der Waals surface area contributed by atoms with Gasteiger partial charge in [0.15, 0.2) is 0 Å². The van der Waals surface area contributed by atoms with E-state index in [9.17, 15) is 14.4 Å². The molecule has 6 nitrogen and oxygen atoms in total. The van der Waals surface area contributed by atoms with Crippen LogP contribution in [0.2, 0.25) is 0 Å². The molecule has 2 saturated heterocycles. The van der Waals surface area contributed by atoms with Gasteiger partial charge >= 0.3 is 0 Å². The smallest absolute Gasteiger partial charge is 0.263 e. The van der Waals surface area contributed by atoms with Gasteiger partial charge in [-0.1, -0.05) is 31.0 Å². The van der Waals surface area contributed by atoms with Crippen molar-refractivity contribution in [1.82, 2.24) is 14.4 Å². The molecule has 4 heterocycles. The number of benzene rings is 1. The van der Waals surface area contributed by atoms with E-state index in [1.54, 1.807) is 6.07 Å². The number of piperidine rings is 1. The molecular formula is C25H29N3O3. The van der Waals surface area contributed by atoms with Crippen molar-refractivity contribution in [3.8, 4) is 0 Å². The molecule has 0 radical (unpaired) electrons. The minimum absolute atomic E-state index is 0.0547. The summed E-state index contributed by atoms with van der Waals surface area (Å²) in [5.41, 5.74) is 1.80. The Labute approximate surface area is 182 Å². The summed E-state index contributed by atoms with van der Waals surface area (Å²) in [6.45, 7) is 3.32. The Balaban J connectivity index is 1.40. The number of amides is 2. The van der Waals surface area contributed by atoms with E-state index in [4.69, 9.17) is 0 Å².